The zero-order valence-electron chi connectivity index (χ0n) is 11.7. The number of hydrogen-bond acceptors (Lipinski definition) is 4. The highest BCUT2D eigenvalue weighted by Crippen LogP contribution is 2.36. The summed E-state index contributed by atoms with van der Waals surface area (Å²) in [4.78, 5) is 17.5. The van der Waals surface area contributed by atoms with Crippen LogP contribution < -0.4 is 0 Å². The third-order valence-corrected chi connectivity index (χ3v) is 5.44. The fourth-order valence-electron chi connectivity index (χ4n) is 2.08. The molecule has 0 spiro atoms. The predicted octanol–water partition coefficient (Wildman–Crippen LogP) is 4.97. The van der Waals surface area contributed by atoms with Gasteiger partial charge in [-0.1, -0.05) is 49.0 Å². The van der Waals surface area contributed by atoms with Crippen molar-refractivity contribution in [2.45, 2.75) is 29.0 Å². The number of aromatic nitrogens is 1. The van der Waals surface area contributed by atoms with Crippen molar-refractivity contribution in [3.8, 4) is 0 Å². The van der Waals surface area contributed by atoms with Gasteiger partial charge in [0.15, 0.2) is 4.34 Å². The largest absolute Gasteiger partial charge is 0.299 e. The summed E-state index contributed by atoms with van der Waals surface area (Å²) in [7, 11) is 0. The van der Waals surface area contributed by atoms with Crippen molar-refractivity contribution >= 4 is 39.1 Å². The third kappa shape index (κ3) is 3.34. The highest BCUT2D eigenvalue weighted by atomic mass is 32.2. The molecule has 0 saturated heterocycles. The van der Waals surface area contributed by atoms with Gasteiger partial charge in [0.1, 0.15) is 5.78 Å². The maximum atomic E-state index is 11.7. The number of Topliss-reactive ketones (excluding diaryl/α,β-unsaturated/α-hetero) is 1. The van der Waals surface area contributed by atoms with E-state index in [1.807, 2.05) is 43.3 Å². The van der Waals surface area contributed by atoms with Crippen LogP contribution in [0.15, 0.2) is 57.8 Å². The smallest absolute Gasteiger partial charge is 0.155 e. The van der Waals surface area contributed by atoms with Gasteiger partial charge in [0.05, 0.1) is 10.2 Å². The van der Waals surface area contributed by atoms with Crippen molar-refractivity contribution in [2.75, 3.05) is 0 Å². The summed E-state index contributed by atoms with van der Waals surface area (Å²) in [6.45, 7) is 1.91. The summed E-state index contributed by atoms with van der Waals surface area (Å²) in [6, 6.07) is 16.2. The summed E-state index contributed by atoms with van der Waals surface area (Å²) in [5.41, 5.74) is 2.13. The number of thiazole rings is 1. The first kappa shape index (κ1) is 14.3. The number of para-hydroxylation sites is 1. The Hall–Kier alpha value is -1.65. The van der Waals surface area contributed by atoms with Crippen LogP contribution >= 0.6 is 23.1 Å². The molecule has 1 heterocycles. The average molecular weight is 313 g/mol. The first-order valence-corrected chi connectivity index (χ1v) is 8.52. The SMILES string of the molecule is CCC(=O)Cc1ccccc1Sc1nc2ccccc2s1. The van der Waals surface area contributed by atoms with Crippen molar-refractivity contribution in [1.29, 1.82) is 0 Å². The van der Waals surface area contributed by atoms with E-state index in [1.54, 1.807) is 23.1 Å². The lowest BCUT2D eigenvalue weighted by Gasteiger charge is -2.06. The van der Waals surface area contributed by atoms with E-state index < -0.39 is 0 Å². The summed E-state index contributed by atoms with van der Waals surface area (Å²) < 4.78 is 2.22. The number of carbonyl (C=O) groups is 1. The molecular formula is C17H15NOS2. The first-order valence-electron chi connectivity index (χ1n) is 6.89. The number of fused-ring (bicyclic) bond motifs is 1. The normalized spacial score (nSPS) is 10.9. The van der Waals surface area contributed by atoms with E-state index in [0.29, 0.717) is 12.8 Å². The standard InChI is InChI=1S/C17H15NOS2/c1-2-13(19)11-12-7-3-5-9-15(12)20-17-18-14-8-4-6-10-16(14)21-17/h3-10H,2,11H2,1H3. The molecule has 0 saturated carbocycles. The van der Waals surface area contributed by atoms with Gasteiger partial charge in [0, 0.05) is 17.7 Å². The Bertz CT molecular complexity index is 746. The molecule has 2 nitrogen and oxygen atoms in total. The Balaban J connectivity index is 1.88. The van der Waals surface area contributed by atoms with Gasteiger partial charge in [-0.25, -0.2) is 4.98 Å². The molecule has 0 unspecified atom stereocenters. The van der Waals surface area contributed by atoms with Gasteiger partial charge in [-0.3, -0.25) is 4.79 Å². The molecule has 0 bridgehead atoms. The second-order valence-corrected chi connectivity index (χ2v) is 7.05. The van der Waals surface area contributed by atoms with Crippen molar-refractivity contribution in [1.82, 2.24) is 4.98 Å². The minimum absolute atomic E-state index is 0.271. The molecule has 0 atom stereocenters. The van der Waals surface area contributed by atoms with Crippen LogP contribution in [0.1, 0.15) is 18.9 Å². The molecule has 106 valence electrons. The van der Waals surface area contributed by atoms with Crippen LogP contribution in [0.25, 0.3) is 10.2 Å². The molecular weight excluding hydrogens is 298 g/mol. The maximum Gasteiger partial charge on any atom is 0.155 e. The van der Waals surface area contributed by atoms with Crippen LogP contribution in [-0.4, -0.2) is 10.8 Å². The lowest BCUT2D eigenvalue weighted by Crippen LogP contribution is -2.01. The fraction of sp³-hybridized carbons (Fsp3) is 0.176. The minimum Gasteiger partial charge on any atom is -0.299 e. The van der Waals surface area contributed by atoms with Gasteiger partial charge in [-0.15, -0.1) is 11.3 Å². The number of benzene rings is 2. The fourth-order valence-corrected chi connectivity index (χ4v) is 4.23. The Labute approximate surface area is 132 Å². The van der Waals surface area contributed by atoms with E-state index in [1.165, 1.54) is 4.70 Å². The van der Waals surface area contributed by atoms with Gasteiger partial charge in [0.2, 0.25) is 0 Å². The molecule has 0 aliphatic carbocycles. The Kier molecular flexibility index (Phi) is 4.36. The molecule has 3 rings (SSSR count). The highest BCUT2D eigenvalue weighted by molar-refractivity contribution is 8.01. The van der Waals surface area contributed by atoms with Crippen molar-refractivity contribution < 1.29 is 4.79 Å². The highest BCUT2D eigenvalue weighted by Gasteiger charge is 2.10. The molecule has 0 fully saturated rings. The average Bonchev–Trinajstić information content (AvgIpc) is 2.91. The van der Waals surface area contributed by atoms with Crippen LogP contribution in [0, 0.1) is 0 Å². The quantitative estimate of drug-likeness (QED) is 0.666. The molecule has 0 radical (unpaired) electrons. The Morgan fingerprint density at radius 3 is 2.71 bits per heavy atom. The van der Waals surface area contributed by atoms with Gasteiger partial charge in [-0.05, 0) is 23.8 Å². The lowest BCUT2D eigenvalue weighted by atomic mass is 10.1. The zero-order valence-corrected chi connectivity index (χ0v) is 13.3. The predicted molar refractivity (Wildman–Crippen MR) is 89.2 cm³/mol. The van der Waals surface area contributed by atoms with E-state index in [-0.39, 0.29) is 5.78 Å². The number of hydrogen-bond donors (Lipinski definition) is 0. The second kappa shape index (κ2) is 6.41. The molecule has 21 heavy (non-hydrogen) atoms. The van der Waals surface area contributed by atoms with Crippen molar-refractivity contribution in [3.05, 3.63) is 54.1 Å². The summed E-state index contributed by atoms with van der Waals surface area (Å²) >= 11 is 3.34. The van der Waals surface area contributed by atoms with E-state index in [2.05, 4.69) is 17.1 Å². The van der Waals surface area contributed by atoms with Gasteiger partial charge >= 0.3 is 0 Å². The number of ketones is 1. The summed E-state index contributed by atoms with van der Waals surface area (Å²) in [6.07, 6.45) is 1.09. The van der Waals surface area contributed by atoms with Crippen molar-refractivity contribution in [2.24, 2.45) is 0 Å². The van der Waals surface area contributed by atoms with Crippen LogP contribution in [0.2, 0.25) is 0 Å². The first-order chi connectivity index (χ1) is 10.3. The second-order valence-electron chi connectivity index (χ2n) is 4.73. The monoisotopic (exact) mass is 313 g/mol. The minimum atomic E-state index is 0.271. The van der Waals surface area contributed by atoms with Crippen LogP contribution in [0.4, 0.5) is 0 Å². The molecule has 0 N–H and O–H groups in total. The number of rotatable bonds is 5. The molecule has 0 aliphatic rings. The summed E-state index contributed by atoms with van der Waals surface area (Å²) in [5.74, 6) is 0.271. The zero-order chi connectivity index (χ0) is 14.7. The molecule has 2 aromatic carbocycles. The van der Waals surface area contributed by atoms with Crippen molar-refractivity contribution in [3.63, 3.8) is 0 Å². The van der Waals surface area contributed by atoms with Crippen LogP contribution in [-0.2, 0) is 11.2 Å². The lowest BCUT2D eigenvalue weighted by molar-refractivity contribution is -0.118. The van der Waals surface area contributed by atoms with E-state index in [4.69, 9.17) is 0 Å². The number of carbonyl (C=O) groups excluding carboxylic acids is 1. The third-order valence-electron chi connectivity index (χ3n) is 3.23. The molecule has 0 aliphatic heterocycles. The Morgan fingerprint density at radius 1 is 1.14 bits per heavy atom. The van der Waals surface area contributed by atoms with Crippen LogP contribution in [0.3, 0.4) is 0 Å². The van der Waals surface area contributed by atoms with Gasteiger partial charge in [0.25, 0.3) is 0 Å². The number of nitrogens with zero attached hydrogens (tertiary/aromatic N) is 1. The van der Waals surface area contributed by atoms with Crippen LogP contribution in [0.5, 0.6) is 0 Å². The summed E-state index contributed by atoms with van der Waals surface area (Å²) in [5, 5.41) is 0. The maximum absolute atomic E-state index is 11.7. The Morgan fingerprint density at radius 2 is 1.90 bits per heavy atom. The molecule has 4 heteroatoms. The van der Waals surface area contributed by atoms with Gasteiger partial charge in [-0.2, -0.15) is 0 Å². The molecule has 3 aromatic rings. The van der Waals surface area contributed by atoms with E-state index >= 15 is 0 Å². The van der Waals surface area contributed by atoms with E-state index in [0.717, 1.165) is 20.3 Å². The van der Waals surface area contributed by atoms with Gasteiger partial charge < -0.3 is 0 Å². The molecule has 1 aromatic heterocycles. The topological polar surface area (TPSA) is 30.0 Å². The van der Waals surface area contributed by atoms with E-state index in [9.17, 15) is 4.79 Å². The molecule has 0 amide bonds.